The average molecular weight is 436 g/mol. The van der Waals surface area contributed by atoms with Gasteiger partial charge in [0.1, 0.15) is 0 Å². The molecule has 0 N–H and O–H groups in total. The van der Waals surface area contributed by atoms with Gasteiger partial charge in [0.05, 0.1) is 0 Å². The number of rotatable bonds is 14. The molecule has 0 atom stereocenters. The highest BCUT2D eigenvalue weighted by Gasteiger charge is 2.23. The molecule has 1 aliphatic carbocycles. The molecule has 32 heavy (non-hydrogen) atoms. The van der Waals surface area contributed by atoms with E-state index in [-0.39, 0.29) is 0 Å². The van der Waals surface area contributed by atoms with E-state index in [1.807, 2.05) is 18.6 Å². The van der Waals surface area contributed by atoms with E-state index < -0.39 is 0 Å². The number of hydrogen-bond donors (Lipinski definition) is 0. The Labute approximate surface area is 196 Å². The number of nitrogens with zero attached hydrogens (tertiary/aromatic N) is 3. The highest BCUT2D eigenvalue weighted by molar-refractivity contribution is 5.53. The molecule has 1 aliphatic rings. The smallest absolute Gasteiger partial charge is 0.160 e. The Morgan fingerprint density at radius 2 is 1.34 bits per heavy atom. The summed E-state index contributed by atoms with van der Waals surface area (Å²) in [6, 6.07) is 4.39. The van der Waals surface area contributed by atoms with Gasteiger partial charge in [0.2, 0.25) is 0 Å². The van der Waals surface area contributed by atoms with Crippen molar-refractivity contribution < 1.29 is 0 Å². The maximum Gasteiger partial charge on any atom is 0.160 e. The summed E-state index contributed by atoms with van der Waals surface area (Å²) in [5.74, 6) is 2.38. The number of aromatic nitrogens is 3. The molecule has 3 nitrogen and oxygen atoms in total. The van der Waals surface area contributed by atoms with Crippen molar-refractivity contribution in [2.45, 2.75) is 122 Å². The van der Waals surface area contributed by atoms with E-state index in [2.05, 4.69) is 35.9 Å². The van der Waals surface area contributed by atoms with Crippen molar-refractivity contribution in [1.29, 1.82) is 0 Å². The Morgan fingerprint density at radius 3 is 2.00 bits per heavy atom. The minimum absolute atomic E-state index is 0.635. The van der Waals surface area contributed by atoms with Crippen molar-refractivity contribution in [3.63, 3.8) is 0 Å². The Kier molecular flexibility index (Phi) is 11.2. The first-order valence-corrected chi connectivity index (χ1v) is 13.6. The molecule has 0 radical (unpaired) electrons. The zero-order chi connectivity index (χ0) is 22.4. The second-order valence-electron chi connectivity index (χ2n) is 9.97. The van der Waals surface area contributed by atoms with E-state index in [0.717, 1.165) is 23.7 Å². The maximum atomic E-state index is 4.82. The first-order chi connectivity index (χ1) is 15.8. The van der Waals surface area contributed by atoms with Crippen molar-refractivity contribution >= 4 is 0 Å². The Morgan fingerprint density at radius 1 is 0.688 bits per heavy atom. The number of pyridine rings is 1. The van der Waals surface area contributed by atoms with Crippen LogP contribution in [0, 0.1) is 5.92 Å². The van der Waals surface area contributed by atoms with Gasteiger partial charge in [-0.2, -0.15) is 0 Å². The lowest BCUT2D eigenvalue weighted by Gasteiger charge is -2.28. The second-order valence-corrected chi connectivity index (χ2v) is 9.97. The van der Waals surface area contributed by atoms with Crippen molar-refractivity contribution in [2.24, 2.45) is 5.92 Å². The summed E-state index contributed by atoms with van der Waals surface area (Å²) in [5.41, 5.74) is 3.54. The zero-order valence-corrected chi connectivity index (χ0v) is 20.7. The fraction of sp³-hybridized carbons (Fsp3) is 0.690. The molecule has 0 aromatic carbocycles. The molecule has 1 saturated carbocycles. The molecule has 176 valence electrons. The van der Waals surface area contributed by atoms with Gasteiger partial charge < -0.3 is 0 Å². The molecule has 3 heteroatoms. The van der Waals surface area contributed by atoms with Crippen LogP contribution in [0.5, 0.6) is 0 Å². The van der Waals surface area contributed by atoms with Crippen LogP contribution in [0.4, 0.5) is 0 Å². The van der Waals surface area contributed by atoms with Gasteiger partial charge in [-0.15, -0.1) is 0 Å². The monoisotopic (exact) mass is 435 g/mol. The number of aryl methyl sites for hydroxylation is 1. The summed E-state index contributed by atoms with van der Waals surface area (Å²) in [7, 11) is 0. The third-order valence-electron chi connectivity index (χ3n) is 7.30. The van der Waals surface area contributed by atoms with Crippen LogP contribution >= 0.6 is 0 Å². The quantitative estimate of drug-likeness (QED) is 0.278. The maximum absolute atomic E-state index is 4.82. The second kappa shape index (κ2) is 14.4. The molecule has 2 heterocycles. The molecular formula is C29H45N3. The van der Waals surface area contributed by atoms with E-state index >= 15 is 0 Å². The number of hydrogen-bond acceptors (Lipinski definition) is 3. The third kappa shape index (κ3) is 8.30. The fourth-order valence-electron chi connectivity index (χ4n) is 5.13. The number of unbranched alkanes of at least 4 members (excludes halogenated alkanes) is 8. The Balaban J connectivity index is 1.40. The molecule has 0 aliphatic heterocycles. The lowest BCUT2D eigenvalue weighted by molar-refractivity contribution is 0.299. The first-order valence-electron chi connectivity index (χ1n) is 13.6. The normalized spacial score (nSPS) is 18.7. The van der Waals surface area contributed by atoms with E-state index in [1.165, 1.54) is 108 Å². The molecule has 2 aromatic heterocycles. The summed E-state index contributed by atoms with van der Waals surface area (Å²) < 4.78 is 0. The van der Waals surface area contributed by atoms with Crippen LogP contribution in [0.15, 0.2) is 30.7 Å². The zero-order valence-electron chi connectivity index (χ0n) is 20.7. The molecule has 2 aromatic rings. The lowest BCUT2D eigenvalue weighted by atomic mass is 9.78. The van der Waals surface area contributed by atoms with Crippen LogP contribution in [0.25, 0.3) is 11.4 Å². The minimum atomic E-state index is 0.635. The van der Waals surface area contributed by atoms with Gasteiger partial charge in [-0.05, 0) is 62.1 Å². The van der Waals surface area contributed by atoms with Gasteiger partial charge in [0, 0.05) is 35.8 Å². The van der Waals surface area contributed by atoms with Crippen molar-refractivity contribution in [3.05, 3.63) is 42.0 Å². The molecule has 3 rings (SSSR count). The average Bonchev–Trinajstić information content (AvgIpc) is 2.85. The highest BCUT2D eigenvalue weighted by Crippen LogP contribution is 2.37. The molecule has 1 fully saturated rings. The van der Waals surface area contributed by atoms with Gasteiger partial charge >= 0.3 is 0 Å². The van der Waals surface area contributed by atoms with Gasteiger partial charge in [-0.3, -0.25) is 4.98 Å². The molecule has 0 spiro atoms. The minimum Gasteiger partial charge on any atom is -0.260 e. The summed E-state index contributed by atoms with van der Waals surface area (Å²) >= 11 is 0. The summed E-state index contributed by atoms with van der Waals surface area (Å²) in [6.07, 6.45) is 27.5. The standard InChI is InChI=1S/C29H45N3/c1-3-5-7-9-10-12-13-24-15-17-26(18-16-24)28-20-19-27(23-30-28)29-31-21-25(22-32-29)14-11-8-6-4-2/h19-24,26H,3-18H2,1-2H3. The summed E-state index contributed by atoms with van der Waals surface area (Å²) in [4.78, 5) is 14.0. The highest BCUT2D eigenvalue weighted by atomic mass is 14.9. The van der Waals surface area contributed by atoms with E-state index in [0.29, 0.717) is 5.92 Å². The predicted octanol–water partition coefficient (Wildman–Crippen LogP) is 8.69. The van der Waals surface area contributed by atoms with Gasteiger partial charge in [0.15, 0.2) is 5.82 Å². The largest absolute Gasteiger partial charge is 0.260 e. The topological polar surface area (TPSA) is 38.7 Å². The third-order valence-corrected chi connectivity index (χ3v) is 7.30. The van der Waals surface area contributed by atoms with Crippen LogP contribution in [-0.2, 0) is 6.42 Å². The fourth-order valence-corrected chi connectivity index (χ4v) is 5.13. The first kappa shape index (κ1) is 24.9. The molecular weight excluding hydrogens is 390 g/mol. The van der Waals surface area contributed by atoms with E-state index in [1.54, 1.807) is 0 Å². The molecule has 0 bridgehead atoms. The Bertz CT molecular complexity index is 730. The Hall–Kier alpha value is -1.77. The van der Waals surface area contributed by atoms with Crippen LogP contribution in [0.1, 0.15) is 127 Å². The van der Waals surface area contributed by atoms with Gasteiger partial charge in [-0.1, -0.05) is 78.1 Å². The van der Waals surface area contributed by atoms with Crippen LogP contribution in [0.3, 0.4) is 0 Å². The van der Waals surface area contributed by atoms with Gasteiger partial charge in [0.25, 0.3) is 0 Å². The van der Waals surface area contributed by atoms with E-state index in [9.17, 15) is 0 Å². The lowest BCUT2D eigenvalue weighted by Crippen LogP contribution is -2.14. The van der Waals surface area contributed by atoms with Crippen LogP contribution in [-0.4, -0.2) is 15.0 Å². The SMILES string of the molecule is CCCCCCCCC1CCC(c2ccc(-c3ncc(CCCCCC)cn3)cn2)CC1. The van der Waals surface area contributed by atoms with Crippen LogP contribution in [0.2, 0.25) is 0 Å². The molecule has 0 saturated heterocycles. The summed E-state index contributed by atoms with van der Waals surface area (Å²) in [5, 5.41) is 0. The van der Waals surface area contributed by atoms with E-state index in [4.69, 9.17) is 4.98 Å². The molecule has 0 unspecified atom stereocenters. The van der Waals surface area contributed by atoms with Crippen molar-refractivity contribution in [3.8, 4) is 11.4 Å². The molecule has 0 amide bonds. The van der Waals surface area contributed by atoms with Crippen LogP contribution < -0.4 is 0 Å². The van der Waals surface area contributed by atoms with Gasteiger partial charge in [-0.25, -0.2) is 9.97 Å². The van der Waals surface area contributed by atoms with Crippen molar-refractivity contribution in [1.82, 2.24) is 15.0 Å². The summed E-state index contributed by atoms with van der Waals surface area (Å²) in [6.45, 7) is 4.54. The predicted molar refractivity (Wildman–Crippen MR) is 136 cm³/mol. The van der Waals surface area contributed by atoms with Crippen molar-refractivity contribution in [2.75, 3.05) is 0 Å².